The first-order chi connectivity index (χ1) is 11.7. The van der Waals surface area contributed by atoms with Crippen molar-refractivity contribution in [2.75, 3.05) is 7.05 Å². The Labute approximate surface area is 143 Å². The Hall–Kier alpha value is -2.93. The molecule has 0 saturated carbocycles. The van der Waals surface area contributed by atoms with Gasteiger partial charge in [0.15, 0.2) is 5.49 Å². The normalized spacial score (nSPS) is 11.4. The van der Waals surface area contributed by atoms with E-state index in [1.54, 1.807) is 37.6 Å². The van der Waals surface area contributed by atoms with Crippen LogP contribution >= 0.6 is 11.6 Å². The molecule has 122 valence electrons. The van der Waals surface area contributed by atoms with E-state index in [9.17, 15) is 0 Å². The minimum Gasteiger partial charge on any atom is -0.437 e. The topological polar surface area (TPSA) is 88.1 Å². The van der Waals surface area contributed by atoms with Crippen LogP contribution in [0.3, 0.4) is 0 Å². The van der Waals surface area contributed by atoms with Crippen molar-refractivity contribution in [1.82, 2.24) is 25.6 Å². The van der Waals surface area contributed by atoms with Crippen molar-refractivity contribution < 1.29 is 4.74 Å². The van der Waals surface area contributed by atoms with E-state index in [-0.39, 0.29) is 0 Å². The lowest BCUT2D eigenvalue weighted by molar-refractivity contribution is 0.450. The van der Waals surface area contributed by atoms with Crippen molar-refractivity contribution in [2.45, 2.75) is 6.92 Å². The summed E-state index contributed by atoms with van der Waals surface area (Å²) in [6, 6.07) is 7.19. The number of nitrogens with one attached hydrogen (secondary N) is 2. The number of hydrogen-bond donors (Lipinski definition) is 2. The molecule has 0 spiro atoms. The molecule has 24 heavy (non-hydrogen) atoms. The molecule has 8 heteroatoms. The summed E-state index contributed by atoms with van der Waals surface area (Å²) in [5.41, 5.74) is 5.74. The molecule has 0 bridgehead atoms. The highest BCUT2D eigenvalue weighted by Crippen LogP contribution is 2.34. The third-order valence-corrected chi connectivity index (χ3v) is 3.45. The van der Waals surface area contributed by atoms with E-state index in [0.29, 0.717) is 22.1 Å². The molecule has 3 rings (SSSR count). The van der Waals surface area contributed by atoms with Gasteiger partial charge in [0.05, 0.1) is 0 Å². The zero-order valence-electron chi connectivity index (χ0n) is 13.1. The molecule has 0 atom stereocenters. The van der Waals surface area contributed by atoms with Gasteiger partial charge in [-0.3, -0.25) is 5.10 Å². The predicted octanol–water partition coefficient (Wildman–Crippen LogP) is 2.66. The van der Waals surface area contributed by atoms with Crippen LogP contribution in [0.5, 0.6) is 11.6 Å². The molecule has 2 N–H and O–H groups in total. The van der Waals surface area contributed by atoms with Crippen LogP contribution in [-0.2, 0) is 0 Å². The zero-order valence-corrected chi connectivity index (χ0v) is 13.9. The molecule has 0 radical (unpaired) electrons. The fourth-order valence-electron chi connectivity index (χ4n) is 2.14. The summed E-state index contributed by atoms with van der Waals surface area (Å²) in [4.78, 5) is 8.08. The standard InChI is InChI=1S/C16H15ClN6O/c1-10-5-15(21-18-2)22-23-16(10)24-14-4-3-12(17)6-13(14)11-7-19-9-20-8-11/h3-9,18H,1-2H3,(H,21,22). The van der Waals surface area contributed by atoms with Crippen LogP contribution < -0.4 is 15.7 Å². The maximum atomic E-state index is 6.12. The first kappa shape index (κ1) is 15.9. The minimum atomic E-state index is 0.450. The van der Waals surface area contributed by atoms with Gasteiger partial charge in [-0.25, -0.2) is 9.97 Å². The summed E-state index contributed by atoms with van der Waals surface area (Å²) in [7, 11) is 1.72. The molecule has 0 saturated heterocycles. The number of nitrogens with zero attached hydrogens (tertiary/aromatic N) is 4. The first-order valence-electron chi connectivity index (χ1n) is 7.17. The second-order valence-electron chi connectivity index (χ2n) is 4.95. The molecule has 0 unspecified atom stereocenters. The number of aromatic nitrogens is 4. The number of aromatic amines is 1. The maximum Gasteiger partial charge on any atom is 0.239 e. The van der Waals surface area contributed by atoms with Gasteiger partial charge < -0.3 is 10.2 Å². The van der Waals surface area contributed by atoms with Crippen LogP contribution in [-0.4, -0.2) is 27.2 Å². The average Bonchev–Trinajstić information content (AvgIpc) is 2.60. The van der Waals surface area contributed by atoms with Gasteiger partial charge in [0.1, 0.15) is 12.1 Å². The summed E-state index contributed by atoms with van der Waals surface area (Å²) < 4.78 is 5.96. The minimum absolute atomic E-state index is 0.450. The Bertz CT molecular complexity index is 910. The lowest BCUT2D eigenvalue weighted by Gasteiger charge is -2.12. The molecule has 0 aliphatic heterocycles. The van der Waals surface area contributed by atoms with Crippen molar-refractivity contribution >= 4 is 11.6 Å². The molecule has 0 aliphatic rings. The van der Waals surface area contributed by atoms with Crippen LogP contribution in [0.2, 0.25) is 5.02 Å². The van der Waals surface area contributed by atoms with E-state index in [0.717, 1.165) is 16.7 Å². The Morgan fingerprint density at radius 2 is 2.00 bits per heavy atom. The van der Waals surface area contributed by atoms with E-state index in [4.69, 9.17) is 16.3 Å². The van der Waals surface area contributed by atoms with Crippen LogP contribution in [0, 0.1) is 6.92 Å². The molecule has 7 nitrogen and oxygen atoms in total. The third kappa shape index (κ3) is 3.52. The molecule has 0 fully saturated rings. The van der Waals surface area contributed by atoms with Crippen molar-refractivity contribution in [1.29, 1.82) is 0 Å². The van der Waals surface area contributed by atoms with Crippen LogP contribution in [0.4, 0.5) is 0 Å². The summed E-state index contributed by atoms with van der Waals surface area (Å²) in [5.74, 6) is 1.06. The lowest BCUT2D eigenvalue weighted by Crippen LogP contribution is -2.15. The predicted molar refractivity (Wildman–Crippen MR) is 90.5 cm³/mol. The van der Waals surface area contributed by atoms with Gasteiger partial charge >= 0.3 is 0 Å². The second kappa shape index (κ2) is 7.10. The van der Waals surface area contributed by atoms with Crippen LogP contribution in [0.1, 0.15) is 5.56 Å². The van der Waals surface area contributed by atoms with Gasteiger partial charge in [-0.1, -0.05) is 11.6 Å². The van der Waals surface area contributed by atoms with Crippen molar-refractivity contribution in [3.8, 4) is 22.8 Å². The number of benzene rings is 1. The fourth-order valence-corrected chi connectivity index (χ4v) is 2.31. The number of H-pyrrole nitrogens is 1. The number of ether oxygens (including phenoxy) is 1. The summed E-state index contributed by atoms with van der Waals surface area (Å²) in [5, 5.41) is 11.7. The molecular weight excluding hydrogens is 328 g/mol. The molecule has 2 aromatic heterocycles. The summed E-state index contributed by atoms with van der Waals surface area (Å²) in [6.45, 7) is 1.89. The highest BCUT2D eigenvalue weighted by Gasteiger charge is 2.11. The van der Waals surface area contributed by atoms with Crippen molar-refractivity contribution in [2.24, 2.45) is 5.10 Å². The van der Waals surface area contributed by atoms with E-state index < -0.39 is 0 Å². The van der Waals surface area contributed by atoms with Gasteiger partial charge in [0.2, 0.25) is 5.88 Å². The van der Waals surface area contributed by atoms with Crippen molar-refractivity contribution in [3.63, 3.8) is 0 Å². The van der Waals surface area contributed by atoms with Gasteiger partial charge in [-0.05, 0) is 31.2 Å². The summed E-state index contributed by atoms with van der Waals surface area (Å²) in [6.07, 6.45) is 4.87. The van der Waals surface area contributed by atoms with Crippen LogP contribution in [0.25, 0.3) is 11.1 Å². The number of aryl methyl sites for hydroxylation is 1. The number of halogens is 1. The number of rotatable bonds is 4. The second-order valence-corrected chi connectivity index (χ2v) is 5.38. The third-order valence-electron chi connectivity index (χ3n) is 3.21. The number of hydrogen-bond acceptors (Lipinski definition) is 6. The van der Waals surface area contributed by atoms with E-state index in [1.165, 1.54) is 6.33 Å². The molecular formula is C16H15ClN6O. The maximum absolute atomic E-state index is 6.12. The zero-order chi connectivity index (χ0) is 16.9. The van der Waals surface area contributed by atoms with E-state index >= 15 is 0 Å². The van der Waals surface area contributed by atoms with Crippen LogP contribution in [0.15, 0.2) is 48.1 Å². The van der Waals surface area contributed by atoms with Gasteiger partial charge in [0, 0.05) is 41.2 Å². The van der Waals surface area contributed by atoms with Crippen molar-refractivity contribution in [3.05, 3.63) is 59.1 Å². The Morgan fingerprint density at radius 1 is 1.21 bits per heavy atom. The summed E-state index contributed by atoms with van der Waals surface area (Å²) >= 11 is 6.12. The Kier molecular flexibility index (Phi) is 4.72. The Morgan fingerprint density at radius 3 is 2.71 bits per heavy atom. The van der Waals surface area contributed by atoms with Gasteiger partial charge in [0.25, 0.3) is 0 Å². The molecule has 3 aromatic rings. The van der Waals surface area contributed by atoms with Gasteiger partial charge in [-0.2, -0.15) is 5.10 Å². The largest absolute Gasteiger partial charge is 0.437 e. The SMILES string of the molecule is CNN=c1cc(C)c(Oc2ccc(Cl)cc2-c2cncnc2)n[nH]1. The first-order valence-corrected chi connectivity index (χ1v) is 7.55. The highest BCUT2D eigenvalue weighted by molar-refractivity contribution is 6.31. The smallest absolute Gasteiger partial charge is 0.239 e. The highest BCUT2D eigenvalue weighted by atomic mass is 35.5. The van der Waals surface area contributed by atoms with E-state index in [1.807, 2.05) is 13.0 Å². The van der Waals surface area contributed by atoms with E-state index in [2.05, 4.69) is 30.7 Å². The Balaban J connectivity index is 2.01. The fraction of sp³-hybridized carbons (Fsp3) is 0.125. The lowest BCUT2D eigenvalue weighted by atomic mass is 10.1. The monoisotopic (exact) mass is 342 g/mol. The molecule has 0 amide bonds. The average molecular weight is 343 g/mol. The molecule has 0 aliphatic carbocycles. The quantitative estimate of drug-likeness (QED) is 0.712. The molecule has 1 aromatic carbocycles. The molecule has 2 heterocycles. The van der Waals surface area contributed by atoms with Gasteiger partial charge in [-0.15, -0.1) is 5.10 Å².